The van der Waals surface area contributed by atoms with Gasteiger partial charge in [0.2, 0.25) is 0 Å². The Kier molecular flexibility index (Phi) is 2.89. The number of nitrogens with one attached hydrogen (secondary N) is 3. The molecule has 0 aliphatic heterocycles. The monoisotopic (exact) mass is 275 g/mol. The van der Waals surface area contributed by atoms with Gasteiger partial charge in [0, 0.05) is 34.5 Å². The first-order chi connectivity index (χ1) is 10.4. The van der Waals surface area contributed by atoms with Crippen LogP contribution in [0.4, 0.5) is 5.82 Å². The van der Waals surface area contributed by atoms with Crippen molar-refractivity contribution in [1.29, 1.82) is 0 Å². The van der Waals surface area contributed by atoms with Crippen molar-refractivity contribution in [1.82, 2.24) is 9.97 Å². The van der Waals surface area contributed by atoms with Gasteiger partial charge in [-0.3, -0.25) is 0 Å². The average molecular weight is 275 g/mol. The van der Waals surface area contributed by atoms with Gasteiger partial charge >= 0.3 is 0 Å². The van der Waals surface area contributed by atoms with Crippen LogP contribution in [0.1, 0.15) is 5.56 Å². The summed E-state index contributed by atoms with van der Waals surface area (Å²) in [6.07, 6.45) is 3.11. The molecule has 3 N–H and O–H groups in total. The molecule has 104 valence electrons. The Morgan fingerprint density at radius 2 is 1.71 bits per heavy atom. The highest BCUT2D eigenvalue weighted by molar-refractivity contribution is 5.84. The van der Waals surface area contributed by atoms with Crippen LogP contribution in [-0.4, -0.2) is 16.5 Å². The van der Waals surface area contributed by atoms with Gasteiger partial charge < -0.3 is 15.3 Å². The molecule has 2 heterocycles. The van der Waals surface area contributed by atoms with E-state index < -0.39 is 0 Å². The number of H-pyrrole nitrogens is 2. The Bertz CT molecular complexity index is 852. The second-order valence-corrected chi connectivity index (χ2v) is 5.31. The Labute approximate surface area is 123 Å². The van der Waals surface area contributed by atoms with Crippen molar-refractivity contribution in [3.8, 4) is 0 Å². The summed E-state index contributed by atoms with van der Waals surface area (Å²) in [6.45, 7) is 0.911. The van der Waals surface area contributed by atoms with Gasteiger partial charge in [-0.2, -0.15) is 0 Å². The normalized spacial score (nSPS) is 11.2. The number of hydrogen-bond donors (Lipinski definition) is 3. The van der Waals surface area contributed by atoms with Gasteiger partial charge in [-0.15, -0.1) is 0 Å². The molecule has 3 heteroatoms. The third-order valence-electron chi connectivity index (χ3n) is 3.91. The summed E-state index contributed by atoms with van der Waals surface area (Å²) in [7, 11) is 0. The first kappa shape index (κ1) is 12.1. The van der Waals surface area contributed by atoms with E-state index in [1.807, 2.05) is 0 Å². The van der Waals surface area contributed by atoms with Crippen LogP contribution in [0.2, 0.25) is 0 Å². The number of aromatic amines is 2. The molecule has 2 aromatic carbocycles. The molecule has 4 rings (SSSR count). The second kappa shape index (κ2) is 5.02. The second-order valence-electron chi connectivity index (χ2n) is 5.31. The van der Waals surface area contributed by atoms with E-state index in [0.29, 0.717) is 0 Å². The van der Waals surface area contributed by atoms with E-state index >= 15 is 0 Å². The molecule has 0 spiro atoms. The lowest BCUT2D eigenvalue weighted by molar-refractivity contribution is 1.02. The minimum absolute atomic E-state index is 0.911. The zero-order valence-electron chi connectivity index (χ0n) is 11.7. The Morgan fingerprint density at radius 3 is 2.62 bits per heavy atom. The topological polar surface area (TPSA) is 43.6 Å². The van der Waals surface area contributed by atoms with Crippen molar-refractivity contribution in [3.63, 3.8) is 0 Å². The maximum Gasteiger partial charge on any atom is 0.104 e. The molecule has 4 aromatic rings. The summed E-state index contributed by atoms with van der Waals surface area (Å²) in [5.74, 6) is 1.08. The lowest BCUT2D eigenvalue weighted by atomic mass is 10.1. The van der Waals surface area contributed by atoms with Gasteiger partial charge in [0.15, 0.2) is 0 Å². The standard InChI is InChI=1S/C18H17N3/c1-3-7-16-13(5-1)11-18(21-16)19-10-9-14-12-20-17-8-4-2-6-15(14)17/h1-8,11-12,19-21H,9-10H2. The SMILES string of the molecule is c1ccc2[nH]c(NCCc3c[nH]c4ccccc34)cc2c1. The van der Waals surface area contributed by atoms with Crippen LogP contribution in [-0.2, 0) is 6.42 Å². The fraction of sp³-hybridized carbons (Fsp3) is 0.111. The summed E-state index contributed by atoms with van der Waals surface area (Å²) in [6, 6.07) is 18.9. The summed E-state index contributed by atoms with van der Waals surface area (Å²) >= 11 is 0. The van der Waals surface area contributed by atoms with Gasteiger partial charge in [0.1, 0.15) is 5.82 Å². The number of para-hydroxylation sites is 2. The summed E-state index contributed by atoms with van der Waals surface area (Å²) in [4.78, 5) is 6.72. The number of benzene rings is 2. The largest absolute Gasteiger partial charge is 0.371 e. The molecule has 0 saturated heterocycles. The van der Waals surface area contributed by atoms with Crippen molar-refractivity contribution in [3.05, 3.63) is 66.4 Å². The lowest BCUT2D eigenvalue weighted by Crippen LogP contribution is -2.04. The van der Waals surface area contributed by atoms with Crippen LogP contribution < -0.4 is 5.32 Å². The summed E-state index contributed by atoms with van der Waals surface area (Å²) in [5.41, 5.74) is 3.74. The van der Waals surface area contributed by atoms with E-state index in [1.54, 1.807) is 0 Å². The van der Waals surface area contributed by atoms with Crippen LogP contribution in [0.15, 0.2) is 60.8 Å². The van der Waals surface area contributed by atoms with E-state index in [-0.39, 0.29) is 0 Å². The smallest absolute Gasteiger partial charge is 0.104 e. The minimum Gasteiger partial charge on any atom is -0.371 e. The Hall–Kier alpha value is -2.68. The molecule has 0 aliphatic rings. The van der Waals surface area contributed by atoms with Gasteiger partial charge in [-0.25, -0.2) is 0 Å². The van der Waals surface area contributed by atoms with E-state index in [4.69, 9.17) is 0 Å². The Morgan fingerprint density at radius 1 is 0.905 bits per heavy atom. The zero-order chi connectivity index (χ0) is 14.1. The van der Waals surface area contributed by atoms with E-state index in [1.165, 1.54) is 27.4 Å². The van der Waals surface area contributed by atoms with Gasteiger partial charge in [-0.05, 0) is 30.2 Å². The third-order valence-corrected chi connectivity index (χ3v) is 3.91. The van der Waals surface area contributed by atoms with Crippen LogP contribution in [0, 0.1) is 0 Å². The molecule has 2 aromatic heterocycles. The van der Waals surface area contributed by atoms with Crippen molar-refractivity contribution < 1.29 is 0 Å². The molecule has 0 atom stereocenters. The summed E-state index contributed by atoms with van der Waals surface area (Å²) < 4.78 is 0. The van der Waals surface area contributed by atoms with Crippen molar-refractivity contribution in [2.45, 2.75) is 6.42 Å². The number of rotatable bonds is 4. The predicted octanol–water partition coefficient (Wildman–Crippen LogP) is 4.30. The molecular formula is C18H17N3. The van der Waals surface area contributed by atoms with Crippen molar-refractivity contribution in [2.75, 3.05) is 11.9 Å². The number of fused-ring (bicyclic) bond motifs is 2. The molecular weight excluding hydrogens is 258 g/mol. The maximum atomic E-state index is 3.47. The average Bonchev–Trinajstić information content (AvgIpc) is 3.11. The Balaban J connectivity index is 1.47. The number of hydrogen-bond acceptors (Lipinski definition) is 1. The zero-order valence-corrected chi connectivity index (χ0v) is 11.7. The molecule has 0 amide bonds. The number of anilines is 1. The highest BCUT2D eigenvalue weighted by atomic mass is 15.0. The minimum atomic E-state index is 0.911. The predicted molar refractivity (Wildman–Crippen MR) is 88.8 cm³/mol. The highest BCUT2D eigenvalue weighted by Crippen LogP contribution is 2.20. The van der Waals surface area contributed by atoms with E-state index in [0.717, 1.165) is 18.8 Å². The lowest BCUT2D eigenvalue weighted by Gasteiger charge is -2.03. The van der Waals surface area contributed by atoms with Crippen LogP contribution >= 0.6 is 0 Å². The maximum absolute atomic E-state index is 3.47. The number of aromatic nitrogens is 2. The van der Waals surface area contributed by atoms with Crippen molar-refractivity contribution >= 4 is 27.6 Å². The molecule has 21 heavy (non-hydrogen) atoms. The first-order valence-electron chi connectivity index (χ1n) is 7.27. The van der Waals surface area contributed by atoms with Gasteiger partial charge in [0.25, 0.3) is 0 Å². The fourth-order valence-electron chi connectivity index (χ4n) is 2.84. The van der Waals surface area contributed by atoms with Crippen LogP contribution in [0.5, 0.6) is 0 Å². The quantitative estimate of drug-likeness (QED) is 0.510. The first-order valence-corrected chi connectivity index (χ1v) is 7.27. The van der Waals surface area contributed by atoms with Crippen molar-refractivity contribution in [2.24, 2.45) is 0 Å². The van der Waals surface area contributed by atoms with Gasteiger partial charge in [-0.1, -0.05) is 36.4 Å². The molecule has 3 nitrogen and oxygen atoms in total. The van der Waals surface area contributed by atoms with Crippen LogP contribution in [0.25, 0.3) is 21.8 Å². The van der Waals surface area contributed by atoms with E-state index in [9.17, 15) is 0 Å². The molecule has 0 fully saturated rings. The highest BCUT2D eigenvalue weighted by Gasteiger charge is 2.03. The van der Waals surface area contributed by atoms with Crippen LogP contribution in [0.3, 0.4) is 0 Å². The fourth-order valence-corrected chi connectivity index (χ4v) is 2.84. The molecule has 0 unspecified atom stereocenters. The summed E-state index contributed by atoms with van der Waals surface area (Å²) in [5, 5.41) is 6.03. The molecule has 0 aliphatic carbocycles. The molecule has 0 bridgehead atoms. The van der Waals surface area contributed by atoms with Gasteiger partial charge in [0.05, 0.1) is 0 Å². The molecule has 0 radical (unpaired) electrons. The molecule has 0 saturated carbocycles. The van der Waals surface area contributed by atoms with E-state index in [2.05, 4.69) is 76.1 Å². The third kappa shape index (κ3) is 2.27.